The number of urea groups is 1. The molecule has 3 N–H and O–H groups in total. The molecule has 1 atom stereocenters. The number of carboxylic acid groups (broad SMARTS) is 1. The lowest BCUT2D eigenvalue weighted by molar-refractivity contribution is -0.139. The zero-order valence-corrected chi connectivity index (χ0v) is 11.8. The van der Waals surface area contributed by atoms with Gasteiger partial charge in [-0.15, -0.1) is 0 Å². The van der Waals surface area contributed by atoms with E-state index in [4.69, 9.17) is 5.11 Å². The number of pyridine rings is 1. The molecule has 0 bridgehead atoms. The van der Waals surface area contributed by atoms with Crippen LogP contribution in [-0.2, 0) is 17.8 Å². The van der Waals surface area contributed by atoms with Crippen molar-refractivity contribution < 1.29 is 14.7 Å². The van der Waals surface area contributed by atoms with Crippen LogP contribution in [0.3, 0.4) is 0 Å². The second-order valence-corrected chi connectivity index (χ2v) is 4.47. The minimum absolute atomic E-state index is 0.286. The third kappa shape index (κ3) is 4.87. The van der Waals surface area contributed by atoms with Crippen LogP contribution in [0.2, 0.25) is 0 Å². The van der Waals surface area contributed by atoms with Crippen molar-refractivity contribution in [3.63, 3.8) is 0 Å². The lowest BCUT2D eigenvalue weighted by Gasteiger charge is -2.14. The Morgan fingerprint density at radius 1 is 1.40 bits per heavy atom. The van der Waals surface area contributed by atoms with E-state index in [1.807, 2.05) is 26.0 Å². The van der Waals surface area contributed by atoms with Crippen molar-refractivity contribution in [3.05, 3.63) is 29.6 Å². The van der Waals surface area contributed by atoms with E-state index in [2.05, 4.69) is 15.6 Å². The molecule has 0 fully saturated rings. The van der Waals surface area contributed by atoms with E-state index in [1.165, 1.54) is 0 Å². The first-order valence-electron chi connectivity index (χ1n) is 6.78. The first-order valence-corrected chi connectivity index (χ1v) is 6.78. The predicted octanol–water partition coefficient (Wildman–Crippen LogP) is 1.70. The zero-order chi connectivity index (χ0) is 15.0. The monoisotopic (exact) mass is 279 g/mol. The van der Waals surface area contributed by atoms with Gasteiger partial charge >= 0.3 is 12.0 Å². The third-order valence-corrected chi connectivity index (χ3v) is 2.96. The number of hydrogen-bond acceptors (Lipinski definition) is 3. The predicted molar refractivity (Wildman–Crippen MR) is 75.3 cm³/mol. The zero-order valence-electron chi connectivity index (χ0n) is 11.8. The second kappa shape index (κ2) is 8.14. The van der Waals surface area contributed by atoms with Crippen molar-refractivity contribution in [1.82, 2.24) is 15.6 Å². The Balaban J connectivity index is 2.52. The number of aromatic nitrogens is 1. The van der Waals surface area contributed by atoms with Gasteiger partial charge in [-0.1, -0.05) is 26.3 Å². The topological polar surface area (TPSA) is 91.3 Å². The largest absolute Gasteiger partial charge is 0.480 e. The molecule has 1 heterocycles. The van der Waals surface area contributed by atoms with Crippen molar-refractivity contribution in [1.29, 1.82) is 0 Å². The Bertz CT molecular complexity index is 463. The van der Waals surface area contributed by atoms with Crippen molar-refractivity contribution in [2.45, 2.75) is 45.7 Å². The van der Waals surface area contributed by atoms with Gasteiger partial charge in [0.25, 0.3) is 0 Å². The summed E-state index contributed by atoms with van der Waals surface area (Å²) in [4.78, 5) is 26.9. The van der Waals surface area contributed by atoms with Crippen molar-refractivity contribution in [2.75, 3.05) is 0 Å². The van der Waals surface area contributed by atoms with Crippen molar-refractivity contribution in [3.8, 4) is 0 Å². The molecular formula is C14H21N3O3. The lowest BCUT2D eigenvalue weighted by Crippen LogP contribution is -2.45. The Labute approximate surface area is 118 Å². The van der Waals surface area contributed by atoms with Gasteiger partial charge in [-0.2, -0.15) is 0 Å². The highest BCUT2D eigenvalue weighted by atomic mass is 16.4. The van der Waals surface area contributed by atoms with Crippen molar-refractivity contribution >= 4 is 12.0 Å². The number of nitrogens with zero attached hydrogens (tertiary/aromatic N) is 1. The van der Waals surface area contributed by atoms with Crippen LogP contribution in [0.1, 0.15) is 37.9 Å². The number of carbonyl (C=O) groups excluding carboxylic acids is 1. The molecular weight excluding hydrogens is 258 g/mol. The fraction of sp³-hybridized carbons (Fsp3) is 0.500. The number of aryl methyl sites for hydroxylation is 1. The molecule has 0 saturated carbocycles. The summed E-state index contributed by atoms with van der Waals surface area (Å²) in [5.41, 5.74) is 1.86. The van der Waals surface area contributed by atoms with E-state index in [9.17, 15) is 9.59 Å². The van der Waals surface area contributed by atoms with Crippen LogP contribution in [0, 0.1) is 0 Å². The Hall–Kier alpha value is -2.11. The molecule has 0 unspecified atom stereocenters. The van der Waals surface area contributed by atoms with Crippen LogP contribution >= 0.6 is 0 Å². The fourth-order valence-electron chi connectivity index (χ4n) is 1.87. The van der Waals surface area contributed by atoms with Gasteiger partial charge in [-0.3, -0.25) is 4.98 Å². The summed E-state index contributed by atoms with van der Waals surface area (Å²) in [6, 6.07) is 2.47. The summed E-state index contributed by atoms with van der Waals surface area (Å²) in [5.74, 6) is -1.02. The molecule has 1 rings (SSSR count). The number of hydrogen-bond donors (Lipinski definition) is 3. The number of carbonyl (C=O) groups is 2. The minimum atomic E-state index is -1.02. The molecule has 0 spiro atoms. The Morgan fingerprint density at radius 2 is 2.15 bits per heavy atom. The van der Waals surface area contributed by atoms with Gasteiger partial charge in [-0.05, 0) is 24.5 Å². The number of amides is 2. The highest BCUT2D eigenvalue weighted by Crippen LogP contribution is 2.05. The molecule has 0 aliphatic carbocycles. The average molecular weight is 279 g/mol. The standard InChI is InChI=1S/C14H21N3O3/c1-3-6-11(13(18)19)17-14(20)16-9-12-10(4-2)7-5-8-15-12/h5,7-8,11H,3-4,6,9H2,1-2H3,(H,18,19)(H2,16,17,20)/t11-/m0/s1. The highest BCUT2D eigenvalue weighted by Gasteiger charge is 2.18. The minimum Gasteiger partial charge on any atom is -0.480 e. The van der Waals surface area contributed by atoms with Gasteiger partial charge in [0.2, 0.25) is 0 Å². The summed E-state index contributed by atoms with van der Waals surface area (Å²) in [6.07, 6.45) is 3.61. The quantitative estimate of drug-likeness (QED) is 0.708. The molecule has 1 aromatic heterocycles. The molecule has 2 amide bonds. The smallest absolute Gasteiger partial charge is 0.326 e. The van der Waals surface area contributed by atoms with E-state index in [0.717, 1.165) is 17.7 Å². The first kappa shape index (κ1) is 15.9. The molecule has 6 nitrogen and oxygen atoms in total. The summed E-state index contributed by atoms with van der Waals surface area (Å²) in [5, 5.41) is 14.1. The van der Waals surface area contributed by atoms with E-state index < -0.39 is 18.0 Å². The van der Waals surface area contributed by atoms with Gasteiger partial charge in [0.05, 0.1) is 12.2 Å². The Morgan fingerprint density at radius 3 is 2.75 bits per heavy atom. The number of rotatable bonds is 7. The fourth-order valence-corrected chi connectivity index (χ4v) is 1.87. The summed E-state index contributed by atoms with van der Waals surface area (Å²) in [6.45, 7) is 4.17. The normalized spacial score (nSPS) is 11.7. The maximum atomic E-state index is 11.7. The van der Waals surface area contributed by atoms with Gasteiger partial charge in [-0.25, -0.2) is 9.59 Å². The molecule has 0 aliphatic heterocycles. The summed E-state index contributed by atoms with van der Waals surface area (Å²) < 4.78 is 0. The molecule has 0 radical (unpaired) electrons. The molecule has 6 heteroatoms. The number of aliphatic carboxylic acids is 1. The number of carboxylic acids is 1. The number of nitrogens with one attached hydrogen (secondary N) is 2. The summed E-state index contributed by atoms with van der Waals surface area (Å²) >= 11 is 0. The van der Waals surface area contributed by atoms with Gasteiger partial charge in [0.1, 0.15) is 6.04 Å². The van der Waals surface area contributed by atoms with Crippen LogP contribution in [0.25, 0.3) is 0 Å². The van der Waals surface area contributed by atoms with E-state index in [-0.39, 0.29) is 6.54 Å². The Kier molecular flexibility index (Phi) is 6.49. The molecule has 110 valence electrons. The molecule has 20 heavy (non-hydrogen) atoms. The lowest BCUT2D eigenvalue weighted by atomic mass is 10.1. The summed E-state index contributed by atoms with van der Waals surface area (Å²) in [7, 11) is 0. The van der Waals surface area contributed by atoms with Crippen LogP contribution in [0.4, 0.5) is 4.79 Å². The van der Waals surface area contributed by atoms with Gasteiger partial charge < -0.3 is 15.7 Å². The highest BCUT2D eigenvalue weighted by molar-refractivity contribution is 5.82. The van der Waals surface area contributed by atoms with E-state index in [0.29, 0.717) is 12.8 Å². The maximum Gasteiger partial charge on any atom is 0.326 e. The van der Waals surface area contributed by atoms with E-state index in [1.54, 1.807) is 6.20 Å². The van der Waals surface area contributed by atoms with Crippen LogP contribution < -0.4 is 10.6 Å². The third-order valence-electron chi connectivity index (χ3n) is 2.96. The second-order valence-electron chi connectivity index (χ2n) is 4.47. The van der Waals surface area contributed by atoms with Crippen LogP contribution in [0.15, 0.2) is 18.3 Å². The SMILES string of the molecule is CCC[C@H](NC(=O)NCc1ncccc1CC)C(=O)O. The molecule has 0 saturated heterocycles. The van der Waals surface area contributed by atoms with Gasteiger partial charge in [0.15, 0.2) is 0 Å². The molecule has 0 aliphatic rings. The molecule has 0 aromatic carbocycles. The maximum absolute atomic E-state index is 11.7. The van der Waals surface area contributed by atoms with Crippen molar-refractivity contribution in [2.24, 2.45) is 0 Å². The average Bonchev–Trinajstić information content (AvgIpc) is 2.44. The van der Waals surface area contributed by atoms with E-state index >= 15 is 0 Å². The van der Waals surface area contributed by atoms with Gasteiger partial charge in [0, 0.05) is 6.20 Å². The molecule has 1 aromatic rings. The van der Waals surface area contributed by atoms with Crippen LogP contribution in [-0.4, -0.2) is 28.1 Å². The van der Waals surface area contributed by atoms with Crippen LogP contribution in [0.5, 0.6) is 0 Å². The first-order chi connectivity index (χ1) is 9.58.